The fourth-order valence-electron chi connectivity index (χ4n) is 1.03. The number of rotatable bonds is 6. The van der Waals surface area contributed by atoms with E-state index < -0.39 is 5.97 Å². The normalized spacial score (nSPS) is 11.6. The molecular formula is C11H18N2O3. The summed E-state index contributed by atoms with van der Waals surface area (Å²) in [7, 11) is 0. The summed E-state index contributed by atoms with van der Waals surface area (Å²) < 4.78 is 0. The van der Waals surface area contributed by atoms with Crippen molar-refractivity contribution in [3.8, 4) is 12.3 Å². The quantitative estimate of drug-likeness (QED) is 0.463. The summed E-state index contributed by atoms with van der Waals surface area (Å²) in [6, 6.07) is -0.665. The summed E-state index contributed by atoms with van der Waals surface area (Å²) in [6.45, 7) is 4.15. The second-order valence-electron chi connectivity index (χ2n) is 3.79. The highest BCUT2D eigenvalue weighted by molar-refractivity contribution is 5.74. The molecule has 0 aromatic rings. The average Bonchev–Trinajstić information content (AvgIpc) is 2.20. The van der Waals surface area contributed by atoms with Gasteiger partial charge in [-0.15, -0.1) is 6.42 Å². The number of carbonyl (C=O) groups excluding carboxylic acids is 1. The van der Waals surface area contributed by atoms with Crippen LogP contribution in [0.4, 0.5) is 4.79 Å². The van der Waals surface area contributed by atoms with Gasteiger partial charge in [0.05, 0.1) is 6.04 Å². The smallest absolute Gasteiger partial charge is 0.315 e. The van der Waals surface area contributed by atoms with Gasteiger partial charge >= 0.3 is 12.0 Å². The van der Waals surface area contributed by atoms with E-state index in [2.05, 4.69) is 16.6 Å². The van der Waals surface area contributed by atoms with Crippen molar-refractivity contribution in [1.82, 2.24) is 10.6 Å². The maximum atomic E-state index is 11.3. The molecule has 1 unspecified atom stereocenters. The van der Waals surface area contributed by atoms with E-state index in [-0.39, 0.29) is 24.4 Å². The molecule has 3 N–H and O–H groups in total. The molecule has 5 nitrogen and oxygen atoms in total. The summed E-state index contributed by atoms with van der Waals surface area (Å²) in [6.07, 6.45) is 5.70. The van der Waals surface area contributed by atoms with Gasteiger partial charge in [0.2, 0.25) is 0 Å². The van der Waals surface area contributed by atoms with E-state index in [0.717, 1.165) is 0 Å². The van der Waals surface area contributed by atoms with E-state index in [0.29, 0.717) is 13.0 Å². The Morgan fingerprint density at radius 3 is 2.50 bits per heavy atom. The lowest BCUT2D eigenvalue weighted by Crippen LogP contribution is -2.44. The fourth-order valence-corrected chi connectivity index (χ4v) is 1.03. The van der Waals surface area contributed by atoms with Crippen molar-refractivity contribution in [2.24, 2.45) is 5.92 Å². The third-order valence-corrected chi connectivity index (χ3v) is 1.99. The van der Waals surface area contributed by atoms with Gasteiger partial charge in [0.1, 0.15) is 0 Å². The summed E-state index contributed by atoms with van der Waals surface area (Å²) in [5, 5.41) is 13.5. The Kier molecular flexibility index (Phi) is 6.77. The molecule has 1 atom stereocenters. The van der Waals surface area contributed by atoms with Crippen molar-refractivity contribution >= 4 is 12.0 Å². The predicted molar refractivity (Wildman–Crippen MR) is 60.9 cm³/mol. The molecular weight excluding hydrogens is 208 g/mol. The van der Waals surface area contributed by atoms with Gasteiger partial charge in [-0.3, -0.25) is 4.79 Å². The summed E-state index contributed by atoms with van der Waals surface area (Å²) in [5.74, 6) is 1.77. The molecule has 0 heterocycles. The molecule has 0 rings (SSSR count). The second kappa shape index (κ2) is 7.57. The average molecular weight is 226 g/mol. The van der Waals surface area contributed by atoms with Gasteiger partial charge in [0, 0.05) is 13.0 Å². The lowest BCUT2D eigenvalue weighted by Gasteiger charge is -2.16. The number of hydrogen-bond donors (Lipinski definition) is 3. The Bertz CT molecular complexity index is 281. The van der Waals surface area contributed by atoms with Crippen LogP contribution in [0, 0.1) is 18.3 Å². The largest absolute Gasteiger partial charge is 0.481 e. The van der Waals surface area contributed by atoms with E-state index in [9.17, 15) is 9.59 Å². The summed E-state index contributed by atoms with van der Waals surface area (Å²) in [5.41, 5.74) is 0. The van der Waals surface area contributed by atoms with Crippen LogP contribution in [0.25, 0.3) is 0 Å². The topological polar surface area (TPSA) is 78.4 Å². The first-order valence-electron chi connectivity index (χ1n) is 5.19. The maximum Gasteiger partial charge on any atom is 0.315 e. The van der Waals surface area contributed by atoms with Crippen LogP contribution in [-0.4, -0.2) is 29.7 Å². The summed E-state index contributed by atoms with van der Waals surface area (Å²) >= 11 is 0. The standard InChI is InChI=1S/C11H18N2O3/c1-4-9(8(2)3)13-11(16)12-7-5-6-10(14)15/h1,8-9H,5-7H2,2-3H3,(H,14,15)(H2,12,13,16). The lowest BCUT2D eigenvalue weighted by atomic mass is 10.1. The van der Waals surface area contributed by atoms with E-state index >= 15 is 0 Å². The van der Waals surface area contributed by atoms with Crippen molar-refractivity contribution in [2.75, 3.05) is 6.54 Å². The summed E-state index contributed by atoms with van der Waals surface area (Å²) in [4.78, 5) is 21.5. The Balaban J connectivity index is 3.74. The molecule has 0 aliphatic rings. The highest BCUT2D eigenvalue weighted by Crippen LogP contribution is 1.99. The van der Waals surface area contributed by atoms with Crippen molar-refractivity contribution in [3.63, 3.8) is 0 Å². The molecule has 0 spiro atoms. The van der Waals surface area contributed by atoms with Gasteiger partial charge in [-0.1, -0.05) is 19.8 Å². The number of nitrogens with one attached hydrogen (secondary N) is 2. The molecule has 0 fully saturated rings. The third-order valence-electron chi connectivity index (χ3n) is 1.99. The number of terminal acetylenes is 1. The first-order chi connectivity index (χ1) is 7.47. The first kappa shape index (κ1) is 14.3. The van der Waals surface area contributed by atoms with E-state index in [1.165, 1.54) is 0 Å². The molecule has 0 aliphatic heterocycles. The molecule has 0 aromatic heterocycles. The maximum absolute atomic E-state index is 11.3. The number of aliphatic carboxylic acids is 1. The van der Waals surface area contributed by atoms with Gasteiger partial charge in [-0.05, 0) is 12.3 Å². The van der Waals surface area contributed by atoms with Crippen LogP contribution in [0.1, 0.15) is 26.7 Å². The van der Waals surface area contributed by atoms with Gasteiger partial charge in [0.15, 0.2) is 0 Å². The zero-order valence-electron chi connectivity index (χ0n) is 9.62. The van der Waals surface area contributed by atoms with Crippen LogP contribution in [0.15, 0.2) is 0 Å². The number of carboxylic acids is 1. The first-order valence-corrected chi connectivity index (χ1v) is 5.19. The number of urea groups is 1. The molecule has 0 saturated heterocycles. The molecule has 90 valence electrons. The van der Waals surface area contributed by atoms with Crippen LogP contribution >= 0.6 is 0 Å². The molecule has 5 heteroatoms. The second-order valence-corrected chi connectivity index (χ2v) is 3.79. The van der Waals surface area contributed by atoms with Crippen LogP contribution in [0.2, 0.25) is 0 Å². The third kappa shape index (κ3) is 6.71. The van der Waals surface area contributed by atoms with Crippen LogP contribution < -0.4 is 10.6 Å². The monoisotopic (exact) mass is 226 g/mol. The molecule has 0 aliphatic carbocycles. The van der Waals surface area contributed by atoms with Crippen molar-refractivity contribution < 1.29 is 14.7 Å². The van der Waals surface area contributed by atoms with Crippen LogP contribution in [-0.2, 0) is 4.79 Å². The Morgan fingerprint density at radius 1 is 1.44 bits per heavy atom. The highest BCUT2D eigenvalue weighted by atomic mass is 16.4. The van der Waals surface area contributed by atoms with Crippen LogP contribution in [0.5, 0.6) is 0 Å². The Labute approximate surface area is 95.6 Å². The van der Waals surface area contributed by atoms with Gasteiger partial charge in [-0.25, -0.2) is 4.79 Å². The minimum absolute atomic E-state index is 0.0447. The van der Waals surface area contributed by atoms with Gasteiger partial charge < -0.3 is 15.7 Å². The predicted octanol–water partition coefficient (Wildman–Crippen LogP) is 0.808. The number of amides is 2. The number of carbonyl (C=O) groups is 2. The highest BCUT2D eigenvalue weighted by Gasteiger charge is 2.12. The lowest BCUT2D eigenvalue weighted by molar-refractivity contribution is -0.137. The fraction of sp³-hybridized carbons (Fsp3) is 0.636. The van der Waals surface area contributed by atoms with Crippen LogP contribution in [0.3, 0.4) is 0 Å². The van der Waals surface area contributed by atoms with Gasteiger partial charge in [-0.2, -0.15) is 0 Å². The van der Waals surface area contributed by atoms with E-state index in [1.54, 1.807) is 0 Å². The van der Waals surface area contributed by atoms with Crippen molar-refractivity contribution in [1.29, 1.82) is 0 Å². The molecule has 0 saturated carbocycles. The van der Waals surface area contributed by atoms with Crippen molar-refractivity contribution in [2.45, 2.75) is 32.7 Å². The van der Waals surface area contributed by atoms with E-state index in [1.807, 2.05) is 13.8 Å². The minimum Gasteiger partial charge on any atom is -0.481 e. The zero-order valence-corrected chi connectivity index (χ0v) is 9.62. The van der Waals surface area contributed by atoms with E-state index in [4.69, 9.17) is 11.5 Å². The Hall–Kier alpha value is -1.70. The molecule has 0 bridgehead atoms. The minimum atomic E-state index is -0.870. The van der Waals surface area contributed by atoms with Crippen molar-refractivity contribution in [3.05, 3.63) is 0 Å². The Morgan fingerprint density at radius 2 is 2.06 bits per heavy atom. The number of hydrogen-bond acceptors (Lipinski definition) is 2. The molecule has 16 heavy (non-hydrogen) atoms. The molecule has 0 aromatic carbocycles. The number of carboxylic acid groups (broad SMARTS) is 1. The zero-order chi connectivity index (χ0) is 12.6. The molecule has 0 radical (unpaired) electrons. The molecule has 2 amide bonds. The van der Waals surface area contributed by atoms with Gasteiger partial charge in [0.25, 0.3) is 0 Å². The SMILES string of the molecule is C#CC(NC(=O)NCCCC(=O)O)C(C)C.